The molecule has 2 aromatic heterocycles. The van der Waals surface area contributed by atoms with Crippen molar-refractivity contribution in [1.29, 1.82) is 0 Å². The van der Waals surface area contributed by atoms with Gasteiger partial charge >= 0.3 is 5.97 Å². The second-order valence-corrected chi connectivity index (χ2v) is 8.00. The van der Waals surface area contributed by atoms with Crippen LogP contribution in [-0.2, 0) is 17.8 Å². The van der Waals surface area contributed by atoms with Crippen molar-refractivity contribution in [3.05, 3.63) is 17.1 Å². The average Bonchev–Trinajstić information content (AvgIpc) is 3.03. The number of hydrogen-bond donors (Lipinski definition) is 1. The second kappa shape index (κ2) is 7.49. The highest BCUT2D eigenvalue weighted by molar-refractivity contribution is 5.93. The Morgan fingerprint density at radius 2 is 1.85 bits per heavy atom. The molecular formula is C21H30N4O2. The van der Waals surface area contributed by atoms with Gasteiger partial charge in [-0.1, -0.05) is 13.3 Å². The van der Waals surface area contributed by atoms with Crippen molar-refractivity contribution < 1.29 is 9.90 Å². The number of nitrogens with zero attached hydrogens (tertiary/aromatic N) is 4. The van der Waals surface area contributed by atoms with Gasteiger partial charge in [-0.2, -0.15) is 0 Å². The third-order valence-corrected chi connectivity index (χ3v) is 6.10. The topological polar surface area (TPSA) is 71.2 Å². The van der Waals surface area contributed by atoms with Crippen LogP contribution in [0.2, 0.25) is 0 Å². The minimum Gasteiger partial charge on any atom is -0.481 e. The molecule has 1 unspecified atom stereocenters. The van der Waals surface area contributed by atoms with Crippen molar-refractivity contribution in [3.63, 3.8) is 0 Å². The molecule has 1 N–H and O–H groups in total. The molecule has 2 aromatic rings. The van der Waals surface area contributed by atoms with Gasteiger partial charge in [0.15, 0.2) is 5.65 Å². The zero-order chi connectivity index (χ0) is 19.0. The zero-order valence-electron chi connectivity index (χ0n) is 16.5. The normalized spacial score (nSPS) is 18.5. The van der Waals surface area contributed by atoms with Gasteiger partial charge in [-0.25, -0.2) is 9.97 Å². The number of carbonyl (C=O) groups is 1. The molecule has 6 nitrogen and oxygen atoms in total. The van der Waals surface area contributed by atoms with Crippen LogP contribution in [-0.4, -0.2) is 38.7 Å². The lowest BCUT2D eigenvalue weighted by atomic mass is 9.90. The van der Waals surface area contributed by atoms with Crippen molar-refractivity contribution >= 4 is 22.8 Å². The molecule has 2 aliphatic heterocycles. The number of aromatic nitrogens is 3. The van der Waals surface area contributed by atoms with E-state index < -0.39 is 11.9 Å². The highest BCUT2D eigenvalue weighted by Gasteiger charge is 2.32. The van der Waals surface area contributed by atoms with Crippen LogP contribution in [0.5, 0.6) is 0 Å². The van der Waals surface area contributed by atoms with Crippen LogP contribution in [0.1, 0.15) is 74.9 Å². The third-order valence-electron chi connectivity index (χ3n) is 6.10. The van der Waals surface area contributed by atoms with Crippen LogP contribution in [0.3, 0.4) is 0 Å². The molecule has 0 amide bonds. The van der Waals surface area contributed by atoms with Gasteiger partial charge in [-0.15, -0.1) is 0 Å². The number of anilines is 1. The fourth-order valence-corrected chi connectivity index (χ4v) is 4.83. The monoisotopic (exact) mass is 370 g/mol. The quantitative estimate of drug-likeness (QED) is 0.860. The summed E-state index contributed by atoms with van der Waals surface area (Å²) in [5.41, 5.74) is 4.74. The van der Waals surface area contributed by atoms with Gasteiger partial charge in [0, 0.05) is 37.3 Å². The SMILES string of the molecule is CCCC(C(=O)O)c1c(C)nc2nc3n(c2c1N1CCCCC1)CCCC3. The van der Waals surface area contributed by atoms with E-state index in [-0.39, 0.29) is 0 Å². The summed E-state index contributed by atoms with van der Waals surface area (Å²) in [7, 11) is 0. The lowest BCUT2D eigenvalue weighted by Gasteiger charge is -2.33. The van der Waals surface area contributed by atoms with Crippen LogP contribution < -0.4 is 4.90 Å². The van der Waals surface area contributed by atoms with E-state index in [2.05, 4.69) is 16.4 Å². The first-order valence-electron chi connectivity index (χ1n) is 10.5. The molecule has 4 heterocycles. The van der Waals surface area contributed by atoms with E-state index in [0.29, 0.717) is 6.42 Å². The Hall–Kier alpha value is -2.11. The van der Waals surface area contributed by atoms with Gasteiger partial charge in [0.05, 0.1) is 11.6 Å². The zero-order valence-corrected chi connectivity index (χ0v) is 16.5. The number of hydrogen-bond acceptors (Lipinski definition) is 4. The first kappa shape index (κ1) is 18.3. The number of carboxylic acid groups (broad SMARTS) is 1. The third kappa shape index (κ3) is 3.19. The molecule has 6 heteroatoms. The van der Waals surface area contributed by atoms with Crippen LogP contribution in [0.25, 0.3) is 11.2 Å². The van der Waals surface area contributed by atoms with Gasteiger partial charge in [0.25, 0.3) is 0 Å². The predicted molar refractivity (Wildman–Crippen MR) is 107 cm³/mol. The van der Waals surface area contributed by atoms with Crippen LogP contribution >= 0.6 is 0 Å². The Morgan fingerprint density at radius 3 is 2.56 bits per heavy atom. The summed E-state index contributed by atoms with van der Waals surface area (Å²) in [5.74, 6) is -0.128. The smallest absolute Gasteiger partial charge is 0.311 e. The van der Waals surface area contributed by atoms with Gasteiger partial charge in [-0.3, -0.25) is 4.79 Å². The number of aryl methyl sites for hydroxylation is 3. The molecule has 1 saturated heterocycles. The summed E-state index contributed by atoms with van der Waals surface area (Å²) in [6.07, 6.45) is 8.37. The molecule has 4 rings (SSSR count). The lowest BCUT2D eigenvalue weighted by molar-refractivity contribution is -0.139. The van der Waals surface area contributed by atoms with E-state index in [1.807, 2.05) is 6.92 Å². The first-order chi connectivity index (χ1) is 13.1. The highest BCUT2D eigenvalue weighted by atomic mass is 16.4. The Labute approximate surface area is 160 Å². The standard InChI is InChI=1S/C21H30N4O2/c1-3-9-15(21(26)27)17-14(2)22-20-19(18(17)24-11-6-4-7-12-24)25-13-8-5-10-16(25)23-20/h15H,3-13H2,1-2H3,(H,26,27). The molecule has 0 radical (unpaired) electrons. The van der Waals surface area contributed by atoms with Crippen molar-refractivity contribution in [3.8, 4) is 0 Å². The van der Waals surface area contributed by atoms with E-state index in [0.717, 1.165) is 85.7 Å². The van der Waals surface area contributed by atoms with Gasteiger partial charge in [0.2, 0.25) is 0 Å². The minimum atomic E-state index is -0.738. The molecular weight excluding hydrogens is 340 g/mol. The number of fused-ring (bicyclic) bond motifs is 3. The molecule has 0 aromatic carbocycles. The lowest BCUT2D eigenvalue weighted by Crippen LogP contribution is -2.32. The summed E-state index contributed by atoms with van der Waals surface area (Å²) in [5, 5.41) is 10.00. The van der Waals surface area contributed by atoms with E-state index >= 15 is 0 Å². The Balaban J connectivity index is 2.00. The van der Waals surface area contributed by atoms with Crippen molar-refractivity contribution in [2.75, 3.05) is 18.0 Å². The summed E-state index contributed by atoms with van der Waals surface area (Å²) >= 11 is 0. The number of imidazole rings is 1. The highest BCUT2D eigenvalue weighted by Crippen LogP contribution is 2.40. The largest absolute Gasteiger partial charge is 0.481 e. The van der Waals surface area contributed by atoms with E-state index in [9.17, 15) is 9.90 Å². The van der Waals surface area contributed by atoms with Crippen molar-refractivity contribution in [2.45, 2.75) is 77.7 Å². The summed E-state index contributed by atoms with van der Waals surface area (Å²) in [6.45, 7) is 6.96. The number of rotatable bonds is 5. The number of pyridine rings is 1. The van der Waals surface area contributed by atoms with Crippen LogP contribution in [0.4, 0.5) is 5.69 Å². The Bertz CT molecular complexity index is 852. The molecule has 146 valence electrons. The number of aliphatic carboxylic acids is 1. The maximum atomic E-state index is 12.2. The average molecular weight is 370 g/mol. The number of piperidine rings is 1. The fraction of sp³-hybridized carbons (Fsp3) is 0.667. The Morgan fingerprint density at radius 1 is 1.11 bits per heavy atom. The minimum absolute atomic E-state index is 0.501. The van der Waals surface area contributed by atoms with Gasteiger partial charge in [0.1, 0.15) is 11.3 Å². The molecule has 0 spiro atoms. The Kier molecular flexibility index (Phi) is 5.06. The second-order valence-electron chi connectivity index (χ2n) is 8.00. The molecule has 0 aliphatic carbocycles. The fourth-order valence-electron chi connectivity index (χ4n) is 4.83. The molecule has 0 saturated carbocycles. The summed E-state index contributed by atoms with van der Waals surface area (Å²) in [4.78, 5) is 24.2. The van der Waals surface area contributed by atoms with Gasteiger partial charge in [-0.05, 0) is 45.4 Å². The van der Waals surface area contributed by atoms with Gasteiger partial charge < -0.3 is 14.6 Å². The molecule has 0 bridgehead atoms. The summed E-state index contributed by atoms with van der Waals surface area (Å²) in [6, 6.07) is 0. The molecule has 1 fully saturated rings. The molecule has 27 heavy (non-hydrogen) atoms. The van der Waals surface area contributed by atoms with Crippen molar-refractivity contribution in [2.24, 2.45) is 0 Å². The van der Waals surface area contributed by atoms with Crippen molar-refractivity contribution in [1.82, 2.24) is 14.5 Å². The van der Waals surface area contributed by atoms with Crippen LogP contribution in [0.15, 0.2) is 0 Å². The predicted octanol–water partition coefficient (Wildman–Crippen LogP) is 4.03. The first-order valence-corrected chi connectivity index (χ1v) is 10.5. The maximum Gasteiger partial charge on any atom is 0.311 e. The number of carboxylic acids is 1. The van der Waals surface area contributed by atoms with E-state index in [1.54, 1.807) is 0 Å². The maximum absolute atomic E-state index is 12.2. The summed E-state index contributed by atoms with van der Waals surface area (Å²) < 4.78 is 2.32. The van der Waals surface area contributed by atoms with E-state index in [1.165, 1.54) is 12.8 Å². The van der Waals surface area contributed by atoms with Crippen LogP contribution in [0, 0.1) is 6.92 Å². The molecule has 1 atom stereocenters. The molecule has 2 aliphatic rings. The van der Waals surface area contributed by atoms with E-state index in [4.69, 9.17) is 9.97 Å².